The van der Waals surface area contributed by atoms with Crippen LogP contribution in [0.4, 0.5) is 0 Å². The third-order valence-electron chi connectivity index (χ3n) is 11.0. The minimum atomic E-state index is -1.45. The fourth-order valence-corrected chi connectivity index (χ4v) is 9.91. The maximum atomic E-state index is 6.60. The predicted octanol–water partition coefficient (Wildman–Crippen LogP) is 9.27. The second-order valence-corrected chi connectivity index (χ2v) is 18.9. The first-order valence-corrected chi connectivity index (χ1v) is 17.8. The van der Waals surface area contributed by atoms with Gasteiger partial charge < -0.3 is 4.43 Å². The van der Waals surface area contributed by atoms with Crippen LogP contribution in [0.2, 0.25) is 19.6 Å². The molecule has 0 aromatic heterocycles. The highest BCUT2D eigenvalue weighted by atomic mass is 28.4. The van der Waals surface area contributed by atoms with E-state index < -0.39 is 8.32 Å². The zero-order chi connectivity index (χ0) is 24.2. The molecule has 0 radical (unpaired) electrons. The summed E-state index contributed by atoms with van der Waals surface area (Å²) < 4.78 is 6.60. The van der Waals surface area contributed by atoms with E-state index in [1.165, 1.54) is 51.4 Å². The van der Waals surface area contributed by atoms with Gasteiger partial charge in [-0.25, -0.2) is 0 Å². The molecule has 0 unspecified atom stereocenters. The highest BCUT2D eigenvalue weighted by molar-refractivity contribution is 6.69. The van der Waals surface area contributed by atoms with E-state index in [1.54, 1.807) is 0 Å². The summed E-state index contributed by atoms with van der Waals surface area (Å²) in [6, 6.07) is 0. The lowest BCUT2D eigenvalue weighted by molar-refractivity contribution is -0.0369. The summed E-state index contributed by atoms with van der Waals surface area (Å²) in [6.07, 6.45) is 19.4. The van der Waals surface area contributed by atoms with Gasteiger partial charge in [0.05, 0.1) is 0 Å². The molecule has 0 aliphatic heterocycles. The lowest BCUT2D eigenvalue weighted by Crippen LogP contribution is -2.50. The quantitative estimate of drug-likeness (QED) is 0.277. The molecule has 1 nitrogen and oxygen atoms in total. The molecule has 0 amide bonds. The highest BCUT2D eigenvalue weighted by Crippen LogP contribution is 2.67. The summed E-state index contributed by atoms with van der Waals surface area (Å²) in [5.41, 5.74) is 2.93. The van der Waals surface area contributed by atoms with Crippen LogP contribution >= 0.6 is 0 Å². The Labute approximate surface area is 207 Å². The summed E-state index contributed by atoms with van der Waals surface area (Å²) in [5, 5.41) is 0. The van der Waals surface area contributed by atoms with Crippen LogP contribution in [0, 0.1) is 52.3 Å². The standard InChI is InChI=1S/C31H54OSi/c1-21(2)22(3)10-11-23(4)27-14-15-28-26-13-12-24-20-25(32-33(7,8)9)16-18-30(24,5)29(26)17-19-31(27,28)6/h10-11,13,21-25,27-29H,12,14-20H2,1-9H3/b11-10+/t22-,23+,24-,25-,27+,28-,29-,30-,31+/m0/s1. The minimum absolute atomic E-state index is 0.508. The summed E-state index contributed by atoms with van der Waals surface area (Å²) in [4.78, 5) is 0. The maximum absolute atomic E-state index is 6.60. The molecular formula is C31H54OSi. The summed E-state index contributed by atoms with van der Waals surface area (Å²) >= 11 is 0. The van der Waals surface area contributed by atoms with Gasteiger partial charge in [-0.15, -0.1) is 0 Å². The first-order chi connectivity index (χ1) is 15.3. The van der Waals surface area contributed by atoms with Crippen LogP contribution in [0.15, 0.2) is 23.8 Å². The van der Waals surface area contributed by atoms with E-state index in [4.69, 9.17) is 4.43 Å². The van der Waals surface area contributed by atoms with Crippen molar-refractivity contribution in [3.05, 3.63) is 23.8 Å². The van der Waals surface area contributed by atoms with Crippen molar-refractivity contribution in [1.82, 2.24) is 0 Å². The van der Waals surface area contributed by atoms with Crippen LogP contribution in [0.3, 0.4) is 0 Å². The van der Waals surface area contributed by atoms with Gasteiger partial charge >= 0.3 is 0 Å². The first kappa shape index (κ1) is 25.7. The average molecular weight is 471 g/mol. The molecule has 4 aliphatic rings. The van der Waals surface area contributed by atoms with Gasteiger partial charge in [0.25, 0.3) is 0 Å². The molecule has 4 aliphatic carbocycles. The first-order valence-electron chi connectivity index (χ1n) is 14.4. The van der Waals surface area contributed by atoms with Gasteiger partial charge in [-0.3, -0.25) is 0 Å². The zero-order valence-corrected chi connectivity index (χ0v) is 24.4. The van der Waals surface area contributed by atoms with Crippen LogP contribution in [0.5, 0.6) is 0 Å². The largest absolute Gasteiger partial charge is 0.415 e. The van der Waals surface area contributed by atoms with E-state index >= 15 is 0 Å². The molecule has 3 saturated carbocycles. The van der Waals surface area contributed by atoms with E-state index in [9.17, 15) is 0 Å². The number of allylic oxidation sites excluding steroid dienone is 4. The second kappa shape index (κ2) is 9.27. The van der Waals surface area contributed by atoms with Gasteiger partial charge in [0, 0.05) is 6.10 Å². The summed E-state index contributed by atoms with van der Waals surface area (Å²) in [5.74, 6) is 5.50. The molecule has 0 aromatic rings. The van der Waals surface area contributed by atoms with E-state index in [2.05, 4.69) is 79.4 Å². The molecule has 188 valence electrons. The lowest BCUT2D eigenvalue weighted by atomic mass is 9.47. The minimum Gasteiger partial charge on any atom is -0.415 e. The van der Waals surface area contributed by atoms with E-state index in [-0.39, 0.29) is 0 Å². The topological polar surface area (TPSA) is 9.23 Å². The number of hydrogen-bond donors (Lipinski definition) is 0. The van der Waals surface area contributed by atoms with Crippen LogP contribution in [0.1, 0.15) is 92.9 Å². The predicted molar refractivity (Wildman–Crippen MR) is 146 cm³/mol. The third kappa shape index (κ3) is 4.86. The smallest absolute Gasteiger partial charge is 0.184 e. The fraction of sp³-hybridized carbons (Fsp3) is 0.871. The Morgan fingerprint density at radius 2 is 1.58 bits per heavy atom. The Morgan fingerprint density at radius 1 is 0.909 bits per heavy atom. The highest BCUT2D eigenvalue weighted by Gasteiger charge is 2.58. The van der Waals surface area contributed by atoms with Gasteiger partial charge in [0.1, 0.15) is 0 Å². The van der Waals surface area contributed by atoms with Crippen LogP contribution in [-0.2, 0) is 4.43 Å². The van der Waals surface area contributed by atoms with Crippen molar-refractivity contribution >= 4 is 8.32 Å². The Balaban J connectivity index is 1.50. The normalized spacial score (nSPS) is 43.1. The molecule has 0 aromatic carbocycles. The molecule has 9 atom stereocenters. The van der Waals surface area contributed by atoms with Crippen molar-refractivity contribution in [2.45, 2.75) is 119 Å². The molecule has 4 rings (SSSR count). The van der Waals surface area contributed by atoms with Crippen molar-refractivity contribution in [3.8, 4) is 0 Å². The fourth-order valence-electron chi connectivity index (χ4n) is 8.69. The van der Waals surface area contributed by atoms with E-state index in [1.807, 2.05) is 5.57 Å². The van der Waals surface area contributed by atoms with E-state index in [0.29, 0.717) is 28.8 Å². The number of fused-ring (bicyclic) bond motifs is 5. The molecule has 0 bridgehead atoms. The van der Waals surface area contributed by atoms with Gasteiger partial charge in [0.15, 0.2) is 8.32 Å². The Bertz CT molecular complexity index is 759. The molecule has 33 heavy (non-hydrogen) atoms. The van der Waals surface area contributed by atoms with Gasteiger partial charge in [-0.1, -0.05) is 65.3 Å². The SMILES string of the molecule is CC(C)[C@@H](C)/C=C/[C@@H](C)[C@H]1CC[C@H]2C3=CC[C@H]4C[C@@H](O[Si](C)(C)C)CC[C@]4(C)[C@H]3CC[C@]12C. The van der Waals surface area contributed by atoms with Gasteiger partial charge in [-0.2, -0.15) is 0 Å². The van der Waals surface area contributed by atoms with Crippen molar-refractivity contribution in [2.75, 3.05) is 0 Å². The summed E-state index contributed by atoms with van der Waals surface area (Å²) in [6.45, 7) is 22.0. The molecule has 0 N–H and O–H groups in total. The average Bonchev–Trinajstić information content (AvgIpc) is 3.08. The van der Waals surface area contributed by atoms with Crippen molar-refractivity contribution in [2.24, 2.45) is 52.3 Å². The molecule has 0 spiro atoms. The number of rotatable bonds is 6. The van der Waals surface area contributed by atoms with Gasteiger partial charge in [0.2, 0.25) is 0 Å². The van der Waals surface area contributed by atoms with Gasteiger partial charge in [-0.05, 0) is 123 Å². The van der Waals surface area contributed by atoms with Crippen LogP contribution in [-0.4, -0.2) is 14.4 Å². The Morgan fingerprint density at radius 3 is 2.24 bits per heavy atom. The third-order valence-corrected chi connectivity index (χ3v) is 12.1. The van der Waals surface area contributed by atoms with E-state index in [0.717, 1.165) is 29.6 Å². The summed E-state index contributed by atoms with van der Waals surface area (Å²) in [7, 11) is -1.45. The zero-order valence-electron chi connectivity index (χ0n) is 23.4. The Hall–Kier alpha value is -0.343. The van der Waals surface area contributed by atoms with Crippen molar-refractivity contribution < 1.29 is 4.43 Å². The van der Waals surface area contributed by atoms with Crippen LogP contribution in [0.25, 0.3) is 0 Å². The monoisotopic (exact) mass is 470 g/mol. The molecular weight excluding hydrogens is 416 g/mol. The lowest BCUT2D eigenvalue weighted by Gasteiger charge is -2.58. The molecule has 3 fully saturated rings. The molecule has 2 heteroatoms. The molecule has 0 saturated heterocycles. The van der Waals surface area contributed by atoms with Crippen molar-refractivity contribution in [3.63, 3.8) is 0 Å². The number of hydrogen-bond acceptors (Lipinski definition) is 1. The van der Waals surface area contributed by atoms with Crippen molar-refractivity contribution in [1.29, 1.82) is 0 Å². The molecule has 0 heterocycles. The maximum Gasteiger partial charge on any atom is 0.184 e. The van der Waals surface area contributed by atoms with Crippen LogP contribution < -0.4 is 0 Å². The Kier molecular flexibility index (Phi) is 7.23. The second-order valence-electron chi connectivity index (χ2n) is 14.4.